The largest absolute Gasteiger partial charge is 0.383 e. The van der Waals surface area contributed by atoms with E-state index in [1.807, 2.05) is 6.07 Å². The first-order chi connectivity index (χ1) is 12.9. The molecule has 7 nitrogen and oxygen atoms in total. The van der Waals surface area contributed by atoms with Crippen molar-refractivity contribution in [1.29, 1.82) is 0 Å². The van der Waals surface area contributed by atoms with E-state index in [9.17, 15) is 13.2 Å². The third-order valence-corrected chi connectivity index (χ3v) is 5.61. The first-order valence-electron chi connectivity index (χ1n) is 9.04. The molecule has 1 amide bonds. The molecule has 1 aromatic heterocycles. The smallest absolute Gasteiger partial charge is 0.270 e. The van der Waals surface area contributed by atoms with E-state index in [4.69, 9.17) is 5.14 Å². The van der Waals surface area contributed by atoms with Crippen molar-refractivity contribution >= 4 is 21.6 Å². The van der Waals surface area contributed by atoms with Crippen LogP contribution in [-0.2, 0) is 16.4 Å². The fourth-order valence-electron chi connectivity index (χ4n) is 3.16. The molecule has 8 heteroatoms. The standard InChI is InChI=1S/C19H24N4O3S/c20-27(25,26)17-8-5-14(6-9-17)11-12-21-16-7-10-18(22-13-16)19(24)23-15-3-1-2-4-15/h5-10,13,15,21H,1-4,11-12H2,(H,23,24)(H2,20,25,26). The van der Waals surface area contributed by atoms with Crippen LogP contribution in [0, 0.1) is 0 Å². The predicted molar refractivity (Wildman–Crippen MR) is 104 cm³/mol. The van der Waals surface area contributed by atoms with E-state index in [0.717, 1.165) is 30.5 Å². The van der Waals surface area contributed by atoms with Gasteiger partial charge in [-0.25, -0.2) is 18.5 Å². The van der Waals surface area contributed by atoms with E-state index < -0.39 is 10.0 Å². The number of hydrogen-bond donors (Lipinski definition) is 3. The van der Waals surface area contributed by atoms with Gasteiger partial charge < -0.3 is 10.6 Å². The Hall–Kier alpha value is -2.45. The highest BCUT2D eigenvalue weighted by molar-refractivity contribution is 7.89. The summed E-state index contributed by atoms with van der Waals surface area (Å²) in [6, 6.07) is 10.3. The predicted octanol–water partition coefficient (Wildman–Crippen LogP) is 2.06. The fraction of sp³-hybridized carbons (Fsp3) is 0.368. The number of pyridine rings is 1. The zero-order valence-electron chi connectivity index (χ0n) is 15.0. The first-order valence-corrected chi connectivity index (χ1v) is 10.6. The van der Waals surface area contributed by atoms with Gasteiger partial charge in [0.2, 0.25) is 10.0 Å². The van der Waals surface area contributed by atoms with Gasteiger partial charge in [-0.15, -0.1) is 0 Å². The molecule has 0 atom stereocenters. The molecule has 1 fully saturated rings. The van der Waals surface area contributed by atoms with E-state index >= 15 is 0 Å². The summed E-state index contributed by atoms with van der Waals surface area (Å²) < 4.78 is 22.5. The molecule has 0 spiro atoms. The molecule has 0 saturated heterocycles. The minimum Gasteiger partial charge on any atom is -0.383 e. The lowest BCUT2D eigenvalue weighted by molar-refractivity contribution is 0.0933. The van der Waals surface area contributed by atoms with Gasteiger partial charge in [-0.1, -0.05) is 25.0 Å². The lowest BCUT2D eigenvalue weighted by atomic mass is 10.1. The Morgan fingerprint density at radius 3 is 2.41 bits per heavy atom. The molecule has 3 rings (SSSR count). The lowest BCUT2D eigenvalue weighted by Gasteiger charge is -2.12. The molecule has 1 aromatic carbocycles. The van der Waals surface area contributed by atoms with Gasteiger partial charge in [0, 0.05) is 12.6 Å². The molecule has 27 heavy (non-hydrogen) atoms. The van der Waals surface area contributed by atoms with Gasteiger partial charge >= 0.3 is 0 Å². The topological polar surface area (TPSA) is 114 Å². The summed E-state index contributed by atoms with van der Waals surface area (Å²) in [4.78, 5) is 16.5. The van der Waals surface area contributed by atoms with Crippen LogP contribution in [0.15, 0.2) is 47.5 Å². The Kier molecular flexibility index (Phi) is 6.08. The summed E-state index contributed by atoms with van der Waals surface area (Å²) in [5.41, 5.74) is 2.25. The number of aromatic nitrogens is 1. The molecule has 1 saturated carbocycles. The van der Waals surface area contributed by atoms with Gasteiger partial charge in [0.25, 0.3) is 5.91 Å². The number of primary sulfonamides is 1. The number of nitrogens with one attached hydrogen (secondary N) is 2. The average Bonchev–Trinajstić information content (AvgIpc) is 3.15. The number of carbonyl (C=O) groups is 1. The van der Waals surface area contributed by atoms with Crippen LogP contribution in [0.3, 0.4) is 0 Å². The molecular formula is C19H24N4O3S. The molecule has 2 aromatic rings. The molecule has 0 aliphatic heterocycles. The van der Waals surface area contributed by atoms with Gasteiger partial charge in [-0.05, 0) is 49.1 Å². The zero-order valence-corrected chi connectivity index (χ0v) is 15.8. The number of nitrogens with two attached hydrogens (primary N) is 1. The summed E-state index contributed by atoms with van der Waals surface area (Å²) >= 11 is 0. The van der Waals surface area contributed by atoms with Crippen molar-refractivity contribution in [3.05, 3.63) is 53.9 Å². The summed E-state index contributed by atoms with van der Waals surface area (Å²) in [7, 11) is -3.66. The molecule has 1 aliphatic rings. The van der Waals surface area contributed by atoms with Gasteiger partial charge in [0.1, 0.15) is 5.69 Å². The maximum Gasteiger partial charge on any atom is 0.270 e. The zero-order chi connectivity index (χ0) is 19.3. The summed E-state index contributed by atoms with van der Waals surface area (Å²) in [5.74, 6) is -0.122. The van der Waals surface area contributed by atoms with Gasteiger partial charge in [-0.2, -0.15) is 0 Å². The van der Waals surface area contributed by atoms with Crippen molar-refractivity contribution in [3.63, 3.8) is 0 Å². The highest BCUT2D eigenvalue weighted by Gasteiger charge is 2.18. The number of carbonyl (C=O) groups excluding carboxylic acids is 1. The van der Waals surface area contributed by atoms with Crippen LogP contribution >= 0.6 is 0 Å². The van der Waals surface area contributed by atoms with Crippen LogP contribution in [0.5, 0.6) is 0 Å². The third-order valence-electron chi connectivity index (χ3n) is 4.68. The van der Waals surface area contributed by atoms with E-state index in [1.54, 1.807) is 24.4 Å². The molecule has 4 N–H and O–H groups in total. The molecule has 0 bridgehead atoms. The summed E-state index contributed by atoms with van der Waals surface area (Å²) in [6.45, 7) is 0.657. The van der Waals surface area contributed by atoms with Crippen LogP contribution in [-0.4, -0.2) is 31.9 Å². The Labute approximate surface area is 159 Å². The number of benzene rings is 1. The second-order valence-electron chi connectivity index (χ2n) is 6.75. The fourth-order valence-corrected chi connectivity index (χ4v) is 3.67. The number of amides is 1. The second-order valence-corrected chi connectivity index (χ2v) is 8.31. The Bertz CT molecular complexity index is 874. The van der Waals surface area contributed by atoms with Crippen LogP contribution in [0.4, 0.5) is 5.69 Å². The van der Waals surface area contributed by atoms with E-state index in [0.29, 0.717) is 12.2 Å². The van der Waals surface area contributed by atoms with Crippen molar-refractivity contribution in [2.45, 2.75) is 43.0 Å². The minimum atomic E-state index is -3.66. The lowest BCUT2D eigenvalue weighted by Crippen LogP contribution is -2.33. The average molecular weight is 388 g/mol. The third kappa shape index (κ3) is 5.51. The van der Waals surface area contributed by atoms with Crippen molar-refractivity contribution in [3.8, 4) is 0 Å². The van der Waals surface area contributed by atoms with E-state index in [2.05, 4.69) is 15.6 Å². The monoisotopic (exact) mass is 388 g/mol. The minimum absolute atomic E-state index is 0.106. The maximum atomic E-state index is 12.2. The Morgan fingerprint density at radius 1 is 1.11 bits per heavy atom. The quantitative estimate of drug-likeness (QED) is 0.672. The first kappa shape index (κ1) is 19.3. The second kappa shape index (κ2) is 8.49. The number of hydrogen-bond acceptors (Lipinski definition) is 5. The molecule has 1 aliphatic carbocycles. The summed E-state index contributed by atoms with van der Waals surface area (Å²) in [5, 5.41) is 11.3. The van der Waals surface area contributed by atoms with Gasteiger partial charge in [-0.3, -0.25) is 4.79 Å². The number of anilines is 1. The SMILES string of the molecule is NS(=O)(=O)c1ccc(CCNc2ccc(C(=O)NC3CCCC3)nc2)cc1. The number of sulfonamides is 1. The molecular weight excluding hydrogens is 364 g/mol. The highest BCUT2D eigenvalue weighted by atomic mass is 32.2. The van der Waals surface area contributed by atoms with Crippen molar-refractivity contribution < 1.29 is 13.2 Å². The summed E-state index contributed by atoms with van der Waals surface area (Å²) in [6.07, 6.45) is 6.80. The van der Waals surface area contributed by atoms with Crippen molar-refractivity contribution in [2.75, 3.05) is 11.9 Å². The van der Waals surface area contributed by atoms with Gasteiger partial charge in [0.15, 0.2) is 0 Å². The van der Waals surface area contributed by atoms with Gasteiger partial charge in [0.05, 0.1) is 16.8 Å². The molecule has 0 unspecified atom stereocenters. The normalized spacial score (nSPS) is 14.9. The van der Waals surface area contributed by atoms with Crippen molar-refractivity contribution in [2.24, 2.45) is 5.14 Å². The van der Waals surface area contributed by atoms with E-state index in [-0.39, 0.29) is 16.8 Å². The number of nitrogens with zero attached hydrogens (tertiary/aromatic N) is 1. The Balaban J connectivity index is 1.47. The van der Waals surface area contributed by atoms with Crippen LogP contribution < -0.4 is 15.8 Å². The highest BCUT2D eigenvalue weighted by Crippen LogP contribution is 2.18. The molecule has 1 heterocycles. The van der Waals surface area contributed by atoms with Crippen LogP contribution in [0.1, 0.15) is 41.7 Å². The molecule has 0 radical (unpaired) electrons. The molecule has 144 valence electrons. The maximum absolute atomic E-state index is 12.2. The van der Waals surface area contributed by atoms with Crippen molar-refractivity contribution in [1.82, 2.24) is 10.3 Å². The van der Waals surface area contributed by atoms with Crippen LogP contribution in [0.2, 0.25) is 0 Å². The number of rotatable bonds is 7. The van der Waals surface area contributed by atoms with E-state index in [1.165, 1.54) is 25.0 Å². The Morgan fingerprint density at radius 2 is 1.81 bits per heavy atom. The van der Waals surface area contributed by atoms with Crippen LogP contribution in [0.25, 0.3) is 0 Å².